The molecule has 2 aromatic carbocycles. The lowest BCUT2D eigenvalue weighted by Gasteiger charge is -2.13. The molecule has 0 atom stereocenters. The molecule has 24 heavy (non-hydrogen) atoms. The summed E-state index contributed by atoms with van der Waals surface area (Å²) in [6.45, 7) is 4.05. The van der Waals surface area contributed by atoms with E-state index in [2.05, 4.69) is 5.16 Å². The Hall–Kier alpha value is -2.82. The minimum Gasteiger partial charge on any atom is -0.469 e. The number of nitrogens with zero attached hydrogens (tertiary/aromatic N) is 1. The van der Waals surface area contributed by atoms with Gasteiger partial charge in [0.15, 0.2) is 0 Å². The first-order valence-electron chi connectivity index (χ1n) is 7.56. The highest BCUT2D eigenvalue weighted by atomic mass is 16.6. The number of hydrogen-bond acceptors (Lipinski definition) is 5. The molecule has 5 heteroatoms. The molecule has 0 aliphatic rings. The summed E-state index contributed by atoms with van der Waals surface area (Å²) in [5, 5.41) is 3.98. The standard InChI is InChI=1S/C19H21NO4/c1-13-9-10-16(11-14(13)2)24-19(20-23-4)17-8-6-5-7-15(17)12-18(21)22-3/h5-11H,12H2,1-4H3/b20-19+. The maximum absolute atomic E-state index is 11.6. The summed E-state index contributed by atoms with van der Waals surface area (Å²) in [5.74, 6) is 0.618. The van der Waals surface area contributed by atoms with E-state index in [1.807, 2.05) is 56.3 Å². The minimum atomic E-state index is -0.328. The van der Waals surface area contributed by atoms with Crippen molar-refractivity contribution in [3.63, 3.8) is 0 Å². The van der Waals surface area contributed by atoms with E-state index in [-0.39, 0.29) is 12.4 Å². The molecule has 2 rings (SSSR count). The van der Waals surface area contributed by atoms with Gasteiger partial charge in [0.1, 0.15) is 12.9 Å². The number of carbonyl (C=O) groups is 1. The molecule has 0 aliphatic heterocycles. The number of methoxy groups -OCH3 is 1. The highest BCUT2D eigenvalue weighted by Gasteiger charge is 2.15. The van der Waals surface area contributed by atoms with Gasteiger partial charge in [-0.1, -0.05) is 24.3 Å². The second-order valence-electron chi connectivity index (χ2n) is 5.34. The second kappa shape index (κ2) is 8.15. The van der Waals surface area contributed by atoms with Gasteiger partial charge in [0.25, 0.3) is 5.90 Å². The largest absolute Gasteiger partial charge is 0.469 e. The summed E-state index contributed by atoms with van der Waals surface area (Å²) in [5.41, 5.74) is 3.73. The summed E-state index contributed by atoms with van der Waals surface area (Å²) >= 11 is 0. The van der Waals surface area contributed by atoms with Crippen LogP contribution in [0.5, 0.6) is 5.75 Å². The molecule has 0 amide bonds. The molecule has 0 heterocycles. The van der Waals surface area contributed by atoms with Crippen LogP contribution in [0.2, 0.25) is 0 Å². The molecule has 0 spiro atoms. The van der Waals surface area contributed by atoms with Crippen LogP contribution in [0.15, 0.2) is 47.6 Å². The Labute approximate surface area is 141 Å². The third-order valence-corrected chi connectivity index (χ3v) is 3.68. The number of benzene rings is 2. The quantitative estimate of drug-likeness (QED) is 0.365. The van der Waals surface area contributed by atoms with Crippen molar-refractivity contribution in [1.29, 1.82) is 0 Å². The van der Waals surface area contributed by atoms with Gasteiger partial charge in [-0.3, -0.25) is 4.79 Å². The van der Waals surface area contributed by atoms with Gasteiger partial charge in [0.05, 0.1) is 13.5 Å². The fraction of sp³-hybridized carbons (Fsp3) is 0.263. The zero-order valence-electron chi connectivity index (χ0n) is 14.3. The number of oxime groups is 1. The van der Waals surface area contributed by atoms with Gasteiger partial charge in [-0.15, -0.1) is 0 Å². The van der Waals surface area contributed by atoms with Crippen LogP contribution in [0.4, 0.5) is 0 Å². The Bertz CT molecular complexity index is 753. The van der Waals surface area contributed by atoms with E-state index in [1.165, 1.54) is 19.8 Å². The van der Waals surface area contributed by atoms with E-state index in [9.17, 15) is 4.79 Å². The molecule has 5 nitrogen and oxygen atoms in total. The highest BCUT2D eigenvalue weighted by Crippen LogP contribution is 2.20. The number of carbonyl (C=O) groups excluding carboxylic acids is 1. The maximum atomic E-state index is 11.6. The molecule has 0 unspecified atom stereocenters. The number of esters is 1. The van der Waals surface area contributed by atoms with E-state index >= 15 is 0 Å². The van der Waals surface area contributed by atoms with E-state index in [0.717, 1.165) is 11.1 Å². The maximum Gasteiger partial charge on any atom is 0.310 e. The average molecular weight is 327 g/mol. The fourth-order valence-electron chi connectivity index (χ4n) is 2.21. The van der Waals surface area contributed by atoms with Crippen LogP contribution in [0, 0.1) is 13.8 Å². The zero-order valence-corrected chi connectivity index (χ0v) is 14.3. The lowest BCUT2D eigenvalue weighted by atomic mass is 10.0. The van der Waals surface area contributed by atoms with Crippen LogP contribution < -0.4 is 4.74 Å². The first kappa shape index (κ1) is 17.5. The minimum absolute atomic E-state index is 0.131. The van der Waals surface area contributed by atoms with E-state index in [1.54, 1.807) is 0 Å². The molecule has 0 bridgehead atoms. The van der Waals surface area contributed by atoms with Crippen LogP contribution in [0.25, 0.3) is 0 Å². The van der Waals surface area contributed by atoms with Crippen molar-refractivity contribution in [3.05, 3.63) is 64.7 Å². The average Bonchev–Trinajstić information content (AvgIpc) is 2.58. The van der Waals surface area contributed by atoms with Crippen molar-refractivity contribution in [3.8, 4) is 5.75 Å². The van der Waals surface area contributed by atoms with Gasteiger partial charge in [-0.05, 0) is 53.9 Å². The van der Waals surface area contributed by atoms with Gasteiger partial charge in [0, 0.05) is 5.56 Å². The summed E-state index contributed by atoms with van der Waals surface area (Å²) < 4.78 is 10.7. The second-order valence-corrected chi connectivity index (χ2v) is 5.34. The van der Waals surface area contributed by atoms with Crippen molar-refractivity contribution in [1.82, 2.24) is 0 Å². The lowest BCUT2D eigenvalue weighted by molar-refractivity contribution is -0.139. The highest BCUT2D eigenvalue weighted by molar-refractivity contribution is 5.97. The Balaban J connectivity index is 2.36. The van der Waals surface area contributed by atoms with E-state index in [0.29, 0.717) is 17.2 Å². The van der Waals surface area contributed by atoms with Gasteiger partial charge < -0.3 is 14.3 Å². The molecule has 126 valence electrons. The molecule has 0 aliphatic carbocycles. The molecule has 0 radical (unpaired) electrons. The fourth-order valence-corrected chi connectivity index (χ4v) is 2.21. The predicted molar refractivity (Wildman–Crippen MR) is 92.3 cm³/mol. The predicted octanol–water partition coefficient (Wildman–Crippen LogP) is 3.41. The van der Waals surface area contributed by atoms with Crippen molar-refractivity contribution >= 4 is 11.9 Å². The summed E-state index contributed by atoms with van der Waals surface area (Å²) in [6.07, 6.45) is 0.131. The third kappa shape index (κ3) is 4.35. The molecular weight excluding hydrogens is 306 g/mol. The first-order chi connectivity index (χ1) is 11.5. The van der Waals surface area contributed by atoms with Gasteiger partial charge in [0.2, 0.25) is 0 Å². The topological polar surface area (TPSA) is 57.1 Å². The SMILES string of the molecule is CO/N=C(/Oc1ccc(C)c(C)c1)c1ccccc1CC(=O)OC. The first-order valence-corrected chi connectivity index (χ1v) is 7.56. The normalized spacial score (nSPS) is 11.1. The number of aryl methyl sites for hydroxylation is 2. The van der Waals surface area contributed by atoms with Crippen molar-refractivity contribution in [2.75, 3.05) is 14.2 Å². The van der Waals surface area contributed by atoms with Gasteiger partial charge in [-0.2, -0.15) is 0 Å². The van der Waals surface area contributed by atoms with Crippen molar-refractivity contribution in [2.45, 2.75) is 20.3 Å². The summed E-state index contributed by atoms with van der Waals surface area (Å²) in [6, 6.07) is 13.2. The molecule has 0 saturated heterocycles. The van der Waals surface area contributed by atoms with Gasteiger partial charge >= 0.3 is 5.97 Å². The summed E-state index contributed by atoms with van der Waals surface area (Å²) in [7, 11) is 2.81. The van der Waals surface area contributed by atoms with Gasteiger partial charge in [-0.25, -0.2) is 0 Å². The Morgan fingerprint density at radius 3 is 2.46 bits per heavy atom. The summed E-state index contributed by atoms with van der Waals surface area (Å²) in [4.78, 5) is 16.5. The molecule has 0 fully saturated rings. The molecule has 0 N–H and O–H groups in total. The van der Waals surface area contributed by atoms with Crippen LogP contribution in [-0.4, -0.2) is 26.1 Å². The van der Waals surface area contributed by atoms with E-state index in [4.69, 9.17) is 14.3 Å². The molecule has 0 saturated carbocycles. The smallest absolute Gasteiger partial charge is 0.310 e. The molecule has 0 aromatic heterocycles. The molecular formula is C19H21NO4. The monoisotopic (exact) mass is 327 g/mol. The zero-order chi connectivity index (χ0) is 17.5. The number of hydrogen-bond donors (Lipinski definition) is 0. The van der Waals surface area contributed by atoms with Crippen molar-refractivity contribution < 1.29 is 19.1 Å². The third-order valence-electron chi connectivity index (χ3n) is 3.68. The van der Waals surface area contributed by atoms with Crippen LogP contribution in [0.1, 0.15) is 22.3 Å². The van der Waals surface area contributed by atoms with Crippen molar-refractivity contribution in [2.24, 2.45) is 5.16 Å². The lowest BCUT2D eigenvalue weighted by Crippen LogP contribution is -2.16. The van der Waals surface area contributed by atoms with Crippen LogP contribution in [0.3, 0.4) is 0 Å². The molecule has 2 aromatic rings. The van der Waals surface area contributed by atoms with Crippen LogP contribution >= 0.6 is 0 Å². The Kier molecular flexibility index (Phi) is 5.95. The Morgan fingerprint density at radius 1 is 1.04 bits per heavy atom. The Morgan fingerprint density at radius 2 is 1.79 bits per heavy atom. The van der Waals surface area contributed by atoms with Crippen LogP contribution in [-0.2, 0) is 20.8 Å². The van der Waals surface area contributed by atoms with E-state index < -0.39 is 0 Å². The number of ether oxygens (including phenoxy) is 2. The number of rotatable bonds is 5.